The Kier molecular flexibility index (Phi) is 3.61. The molecule has 0 saturated carbocycles. The fraction of sp³-hybridized carbons (Fsp3) is 0.150. The van der Waals surface area contributed by atoms with Crippen molar-refractivity contribution in [1.29, 1.82) is 0 Å². The van der Waals surface area contributed by atoms with Gasteiger partial charge < -0.3 is 15.4 Å². The van der Waals surface area contributed by atoms with Gasteiger partial charge in [0, 0.05) is 22.8 Å². The van der Waals surface area contributed by atoms with Crippen LogP contribution in [0.1, 0.15) is 33.2 Å². The van der Waals surface area contributed by atoms with E-state index in [9.17, 15) is 9.59 Å². The van der Waals surface area contributed by atoms with Crippen molar-refractivity contribution in [3.8, 4) is 5.75 Å². The maximum absolute atomic E-state index is 12.8. The minimum absolute atomic E-state index is 0.0729. The second-order valence-corrected chi connectivity index (χ2v) is 6.26. The van der Waals surface area contributed by atoms with Crippen molar-refractivity contribution in [2.75, 3.05) is 17.7 Å². The Hall–Kier alpha value is -3.41. The van der Waals surface area contributed by atoms with E-state index in [0.717, 1.165) is 11.3 Å². The van der Waals surface area contributed by atoms with Crippen molar-refractivity contribution in [2.24, 2.45) is 0 Å². The van der Waals surface area contributed by atoms with Crippen LogP contribution >= 0.6 is 0 Å². The fourth-order valence-electron chi connectivity index (χ4n) is 3.28. The number of carbonyl (C=O) groups is 2. The molecule has 0 atom stereocenters. The van der Waals surface area contributed by atoms with E-state index >= 15 is 0 Å². The van der Waals surface area contributed by atoms with Gasteiger partial charge in [-0.25, -0.2) is 0 Å². The van der Waals surface area contributed by atoms with Crippen LogP contribution in [0.2, 0.25) is 0 Å². The number of ketones is 1. The summed E-state index contributed by atoms with van der Waals surface area (Å²) in [6.45, 7) is 1.91. The number of amides is 1. The molecule has 0 saturated heterocycles. The summed E-state index contributed by atoms with van der Waals surface area (Å²) in [5.74, 6) is 0.506. The fourth-order valence-corrected chi connectivity index (χ4v) is 3.28. The van der Waals surface area contributed by atoms with Gasteiger partial charge in [0.05, 0.1) is 30.4 Å². The molecule has 1 amide bonds. The van der Waals surface area contributed by atoms with Gasteiger partial charge in [0.25, 0.3) is 5.91 Å². The van der Waals surface area contributed by atoms with Gasteiger partial charge in [-0.3, -0.25) is 14.6 Å². The van der Waals surface area contributed by atoms with Crippen molar-refractivity contribution < 1.29 is 14.3 Å². The van der Waals surface area contributed by atoms with E-state index in [4.69, 9.17) is 10.5 Å². The quantitative estimate of drug-likeness (QED) is 0.736. The first-order valence-corrected chi connectivity index (χ1v) is 8.17. The molecule has 2 aromatic carbocycles. The third-order valence-corrected chi connectivity index (χ3v) is 4.70. The van der Waals surface area contributed by atoms with Crippen LogP contribution < -0.4 is 15.4 Å². The standard InChI is InChI=1S/C20H17N3O3/c1-11(24)17-9-22-18-6-3-13(8-16(18)19(17)21)23-10-12-7-14(26-2)4-5-15(12)20(23)25/h3-9H,10H2,1-2H3,(H2,21,22). The van der Waals surface area contributed by atoms with Crippen molar-refractivity contribution >= 4 is 34.0 Å². The topological polar surface area (TPSA) is 85.5 Å². The lowest BCUT2D eigenvalue weighted by Crippen LogP contribution is -2.22. The number of nitrogen functional groups attached to an aromatic ring is 1. The van der Waals surface area contributed by atoms with E-state index in [0.29, 0.717) is 39.9 Å². The number of hydrogen-bond acceptors (Lipinski definition) is 5. The molecule has 26 heavy (non-hydrogen) atoms. The van der Waals surface area contributed by atoms with Gasteiger partial charge in [0.1, 0.15) is 5.75 Å². The molecule has 1 aliphatic heterocycles. The van der Waals surface area contributed by atoms with E-state index in [1.807, 2.05) is 24.3 Å². The van der Waals surface area contributed by atoms with Crippen molar-refractivity contribution in [2.45, 2.75) is 13.5 Å². The maximum atomic E-state index is 12.8. The molecular formula is C20H17N3O3. The van der Waals surface area contributed by atoms with E-state index in [1.54, 1.807) is 24.1 Å². The number of benzene rings is 2. The van der Waals surface area contributed by atoms with E-state index in [1.165, 1.54) is 13.1 Å². The number of Topliss-reactive ketones (excluding diaryl/α,β-unsaturated/α-hetero) is 1. The molecule has 2 N–H and O–H groups in total. The summed E-state index contributed by atoms with van der Waals surface area (Å²) in [5, 5.41) is 0.663. The Morgan fingerprint density at radius 2 is 2.04 bits per heavy atom. The monoisotopic (exact) mass is 347 g/mol. The Bertz CT molecular complexity index is 1080. The number of fused-ring (bicyclic) bond motifs is 2. The Morgan fingerprint density at radius 3 is 2.77 bits per heavy atom. The largest absolute Gasteiger partial charge is 0.497 e. The third kappa shape index (κ3) is 2.38. The van der Waals surface area contributed by atoms with E-state index in [-0.39, 0.29) is 11.7 Å². The van der Waals surface area contributed by atoms with Crippen LogP contribution in [0.5, 0.6) is 5.75 Å². The van der Waals surface area contributed by atoms with E-state index in [2.05, 4.69) is 4.98 Å². The van der Waals surface area contributed by atoms with Gasteiger partial charge in [0.2, 0.25) is 0 Å². The molecule has 0 aliphatic carbocycles. The molecule has 4 rings (SSSR count). The second-order valence-electron chi connectivity index (χ2n) is 6.26. The van der Waals surface area contributed by atoms with Crippen molar-refractivity contribution in [3.05, 3.63) is 59.3 Å². The number of nitrogens with zero attached hydrogens (tertiary/aromatic N) is 2. The van der Waals surface area contributed by atoms with Gasteiger partial charge in [-0.15, -0.1) is 0 Å². The molecule has 2 heterocycles. The highest BCUT2D eigenvalue weighted by atomic mass is 16.5. The molecule has 0 spiro atoms. The predicted molar refractivity (Wildman–Crippen MR) is 99.7 cm³/mol. The van der Waals surface area contributed by atoms with Crippen LogP contribution in [-0.2, 0) is 6.54 Å². The number of anilines is 2. The number of carbonyl (C=O) groups excluding carboxylic acids is 2. The lowest BCUT2D eigenvalue weighted by atomic mass is 10.1. The smallest absolute Gasteiger partial charge is 0.258 e. The summed E-state index contributed by atoms with van der Waals surface area (Å²) in [6, 6.07) is 10.9. The van der Waals surface area contributed by atoms with Crippen LogP contribution in [-0.4, -0.2) is 23.8 Å². The molecule has 1 aromatic heterocycles. The Morgan fingerprint density at radius 1 is 1.23 bits per heavy atom. The SMILES string of the molecule is COc1ccc2c(c1)CN(c1ccc3ncc(C(C)=O)c(N)c3c1)C2=O. The molecule has 6 nitrogen and oxygen atoms in total. The van der Waals surface area contributed by atoms with Gasteiger partial charge in [0.15, 0.2) is 5.78 Å². The van der Waals surface area contributed by atoms with Gasteiger partial charge in [-0.2, -0.15) is 0 Å². The van der Waals surface area contributed by atoms with Gasteiger partial charge >= 0.3 is 0 Å². The highest BCUT2D eigenvalue weighted by Gasteiger charge is 2.29. The van der Waals surface area contributed by atoms with Gasteiger partial charge in [-0.05, 0) is 48.9 Å². The molecule has 130 valence electrons. The average molecular weight is 347 g/mol. The zero-order valence-corrected chi connectivity index (χ0v) is 14.4. The molecule has 3 aromatic rings. The Labute approximate surface area is 150 Å². The summed E-state index contributed by atoms with van der Waals surface area (Å²) in [5.41, 5.74) is 9.91. The summed E-state index contributed by atoms with van der Waals surface area (Å²) in [7, 11) is 1.60. The second kappa shape index (κ2) is 5.84. The number of nitrogens with two attached hydrogens (primary N) is 1. The van der Waals surface area contributed by atoms with Crippen LogP contribution in [0.3, 0.4) is 0 Å². The molecule has 0 bridgehead atoms. The first-order valence-electron chi connectivity index (χ1n) is 8.17. The molecular weight excluding hydrogens is 330 g/mol. The minimum atomic E-state index is -0.140. The first-order chi connectivity index (χ1) is 12.5. The highest BCUT2D eigenvalue weighted by molar-refractivity contribution is 6.12. The van der Waals surface area contributed by atoms with Crippen LogP contribution in [0.4, 0.5) is 11.4 Å². The Balaban J connectivity index is 1.79. The van der Waals surface area contributed by atoms with Gasteiger partial charge in [-0.1, -0.05) is 0 Å². The lowest BCUT2D eigenvalue weighted by Gasteiger charge is -2.17. The van der Waals surface area contributed by atoms with E-state index < -0.39 is 0 Å². The average Bonchev–Trinajstić information content (AvgIpc) is 2.97. The van der Waals surface area contributed by atoms with Crippen LogP contribution in [0.15, 0.2) is 42.6 Å². The summed E-state index contributed by atoms with van der Waals surface area (Å²) in [6.07, 6.45) is 1.49. The number of methoxy groups -OCH3 is 1. The zero-order chi connectivity index (χ0) is 18.4. The summed E-state index contributed by atoms with van der Waals surface area (Å²) >= 11 is 0. The zero-order valence-electron chi connectivity index (χ0n) is 14.4. The molecule has 0 unspecified atom stereocenters. The molecule has 0 radical (unpaired) electrons. The number of pyridine rings is 1. The minimum Gasteiger partial charge on any atom is -0.497 e. The molecule has 0 fully saturated rings. The highest BCUT2D eigenvalue weighted by Crippen LogP contribution is 2.33. The molecule has 1 aliphatic rings. The summed E-state index contributed by atoms with van der Waals surface area (Å²) < 4.78 is 5.24. The maximum Gasteiger partial charge on any atom is 0.258 e. The van der Waals surface area contributed by atoms with Crippen LogP contribution in [0.25, 0.3) is 10.9 Å². The number of hydrogen-bond donors (Lipinski definition) is 1. The molecule has 6 heteroatoms. The predicted octanol–water partition coefficient (Wildman–Crippen LogP) is 3.19. The van der Waals surface area contributed by atoms with Crippen LogP contribution in [0, 0.1) is 0 Å². The van der Waals surface area contributed by atoms with Crippen molar-refractivity contribution in [3.63, 3.8) is 0 Å². The third-order valence-electron chi connectivity index (χ3n) is 4.70. The summed E-state index contributed by atoms with van der Waals surface area (Å²) in [4.78, 5) is 30.5. The number of rotatable bonds is 3. The van der Waals surface area contributed by atoms with Crippen molar-refractivity contribution in [1.82, 2.24) is 4.98 Å². The lowest BCUT2D eigenvalue weighted by molar-refractivity contribution is 0.0993. The normalized spacial score (nSPS) is 13.2. The first kappa shape index (κ1) is 16.1. The number of aromatic nitrogens is 1. The number of ether oxygens (including phenoxy) is 1.